The molecule has 3 aromatic rings. The molecule has 2 fully saturated rings. The normalized spacial score (nSPS) is 29.4. The summed E-state index contributed by atoms with van der Waals surface area (Å²) in [4.78, 5) is 14.5. The maximum absolute atomic E-state index is 13.5. The average molecular weight is 685 g/mol. The van der Waals surface area contributed by atoms with Gasteiger partial charge in [0.25, 0.3) is 0 Å². The molecule has 3 atom stereocenters. The number of aliphatic hydroxyl groups is 1. The van der Waals surface area contributed by atoms with Crippen molar-refractivity contribution in [2.45, 2.75) is 88.7 Å². The van der Waals surface area contributed by atoms with Crippen LogP contribution in [-0.4, -0.2) is 69.0 Å². The number of halogens is 2. The molecule has 1 spiro atoms. The van der Waals surface area contributed by atoms with Crippen molar-refractivity contribution in [2.75, 3.05) is 17.1 Å². The number of para-hydroxylation sites is 1. The van der Waals surface area contributed by atoms with E-state index in [-0.39, 0.29) is 21.3 Å². The van der Waals surface area contributed by atoms with E-state index < -0.39 is 42.3 Å². The van der Waals surface area contributed by atoms with Gasteiger partial charge in [0.15, 0.2) is 25.9 Å². The van der Waals surface area contributed by atoms with Gasteiger partial charge in [-0.3, -0.25) is 4.99 Å². The minimum atomic E-state index is -3.78. The molecule has 0 amide bonds. The first-order valence-corrected chi connectivity index (χ1v) is 20.4. The van der Waals surface area contributed by atoms with Gasteiger partial charge in [-0.15, -0.1) is 0 Å². The van der Waals surface area contributed by atoms with E-state index in [9.17, 15) is 22.3 Å². The highest BCUT2D eigenvalue weighted by molar-refractivity contribution is 7.92. The third-order valence-electron chi connectivity index (χ3n) is 10.4. The first-order valence-electron chi connectivity index (χ1n) is 15.7. The van der Waals surface area contributed by atoms with E-state index in [0.717, 1.165) is 22.6 Å². The van der Waals surface area contributed by atoms with Crippen molar-refractivity contribution in [3.8, 4) is 16.9 Å². The Labute approximate surface area is 274 Å². The first-order chi connectivity index (χ1) is 21.8. The van der Waals surface area contributed by atoms with Crippen molar-refractivity contribution in [3.05, 3.63) is 65.2 Å². The van der Waals surface area contributed by atoms with Crippen LogP contribution in [0.15, 0.2) is 53.8 Å². The molecule has 47 heavy (non-hydrogen) atoms. The zero-order chi connectivity index (χ0) is 33.9. The van der Waals surface area contributed by atoms with Gasteiger partial charge in [0, 0.05) is 30.8 Å². The van der Waals surface area contributed by atoms with Gasteiger partial charge in [0.2, 0.25) is 21.9 Å². The summed E-state index contributed by atoms with van der Waals surface area (Å²) >= 11 is 0. The lowest BCUT2D eigenvalue weighted by molar-refractivity contribution is -0.171. The summed E-state index contributed by atoms with van der Waals surface area (Å²) in [5, 5.41) is 12.1. The molecule has 1 aliphatic carbocycles. The molecule has 4 aliphatic rings. The lowest BCUT2D eigenvalue weighted by Crippen LogP contribution is -2.74. The molecule has 14 heteroatoms. The Bertz CT molecular complexity index is 2010. The molecule has 4 heterocycles. The van der Waals surface area contributed by atoms with Crippen LogP contribution in [0.2, 0.25) is 18.1 Å². The SMILES string of the molecule is CC1(O)CC(O[Si](C)(C)C(C)(C)C)(c2ncc(-c3ccc4c(c3)=C[N@@+]35C[C@@H](N=4)C3N(S(C)(=O)=O)c3cccc(OC(F)F)c35)cn2)C1. The van der Waals surface area contributed by atoms with E-state index in [1.54, 1.807) is 25.4 Å². The Morgan fingerprint density at radius 1 is 1.11 bits per heavy atom. The van der Waals surface area contributed by atoms with Gasteiger partial charge in [-0.1, -0.05) is 32.9 Å². The van der Waals surface area contributed by atoms with Gasteiger partial charge in [0.1, 0.15) is 24.0 Å². The molecular formula is C33H40F2N5O5SSi+. The largest absolute Gasteiger partial charge is 0.428 e. The predicted molar refractivity (Wildman–Crippen MR) is 177 cm³/mol. The van der Waals surface area contributed by atoms with Crippen LogP contribution >= 0.6 is 0 Å². The van der Waals surface area contributed by atoms with Gasteiger partial charge >= 0.3 is 6.61 Å². The molecule has 2 aromatic carbocycles. The summed E-state index contributed by atoms with van der Waals surface area (Å²) in [6, 6.07) is 9.95. The van der Waals surface area contributed by atoms with Crippen LogP contribution in [0.3, 0.4) is 0 Å². The van der Waals surface area contributed by atoms with Crippen LogP contribution in [-0.2, 0) is 20.1 Å². The number of benzene rings is 2. The highest BCUT2D eigenvalue weighted by Crippen LogP contribution is 2.58. The average Bonchev–Trinajstić information content (AvgIpc) is 3.02. The van der Waals surface area contributed by atoms with Gasteiger partial charge < -0.3 is 14.3 Å². The van der Waals surface area contributed by atoms with Gasteiger partial charge in [-0.2, -0.15) is 8.78 Å². The van der Waals surface area contributed by atoms with Crippen molar-refractivity contribution in [3.63, 3.8) is 0 Å². The molecule has 10 nitrogen and oxygen atoms in total. The third-order valence-corrected chi connectivity index (χ3v) is 16.1. The molecular weight excluding hydrogens is 645 g/mol. The summed E-state index contributed by atoms with van der Waals surface area (Å²) in [7, 11) is -6.00. The van der Waals surface area contributed by atoms with Gasteiger partial charge in [-0.25, -0.2) is 27.2 Å². The van der Waals surface area contributed by atoms with E-state index in [1.807, 2.05) is 24.4 Å². The zero-order valence-corrected chi connectivity index (χ0v) is 29.3. The molecule has 7 rings (SSSR count). The van der Waals surface area contributed by atoms with E-state index in [0.29, 0.717) is 41.9 Å². The topological polar surface area (TPSA) is 114 Å². The van der Waals surface area contributed by atoms with Crippen LogP contribution in [0.4, 0.5) is 20.2 Å². The van der Waals surface area contributed by atoms with Crippen LogP contribution in [0, 0.1) is 0 Å². The Balaban J connectivity index is 1.29. The summed E-state index contributed by atoms with van der Waals surface area (Å²) in [5.74, 6) is 0.485. The highest BCUT2D eigenvalue weighted by Gasteiger charge is 2.68. The maximum atomic E-state index is 13.5. The number of nitrogens with zero attached hydrogens (tertiary/aromatic N) is 5. The second-order valence-electron chi connectivity index (χ2n) is 15.2. The number of hydrogen-bond acceptors (Lipinski definition) is 8. The number of fused-ring (bicyclic) bond motifs is 4. The van der Waals surface area contributed by atoms with Crippen molar-refractivity contribution in [2.24, 2.45) is 4.99 Å². The summed E-state index contributed by atoms with van der Waals surface area (Å²) < 4.78 is 66.3. The third kappa shape index (κ3) is 5.02. The number of aromatic nitrogens is 2. The van der Waals surface area contributed by atoms with Crippen LogP contribution in [0.25, 0.3) is 17.3 Å². The number of anilines is 1. The van der Waals surface area contributed by atoms with Gasteiger partial charge in [0.05, 0.1) is 22.4 Å². The van der Waals surface area contributed by atoms with E-state index in [2.05, 4.69) is 33.9 Å². The minimum absolute atomic E-state index is 0.00140. The molecule has 1 aromatic heterocycles. The second kappa shape index (κ2) is 10.1. The minimum Gasteiger partial charge on any atom is -0.428 e. The van der Waals surface area contributed by atoms with Crippen LogP contribution in [0.1, 0.15) is 46.4 Å². The standard InChI is InChI=1S/C33H40F2N5O5SSi/c1-31(2,3)47(6,7)45-33(18-32(4,41)19-33)29-36-14-22(15-37-29)20-11-12-23-21(13-20)16-40-17-24(38-23)28(40)39(46(5,42)43)25-9-8-10-26(27(25)40)44-30(34)35/h8-16,24,28,30,41H,17-19H2,1-7H3/q+1/t24-,28?,32?,33?,40+/m1/s1. The van der Waals surface area contributed by atoms with Crippen molar-refractivity contribution >= 4 is 35.9 Å². The van der Waals surface area contributed by atoms with Gasteiger partial charge in [-0.05, 0) is 54.9 Å². The van der Waals surface area contributed by atoms with E-state index in [1.165, 1.54) is 16.4 Å². The number of sulfonamides is 1. The molecule has 1 N–H and O–H groups in total. The number of rotatable bonds is 7. The lowest BCUT2D eigenvalue weighted by Gasteiger charge is -2.55. The Hall–Kier alpha value is -3.30. The highest BCUT2D eigenvalue weighted by atomic mass is 32.2. The fourth-order valence-electron chi connectivity index (χ4n) is 7.55. The fraction of sp³-hybridized carbons (Fsp3) is 0.485. The monoisotopic (exact) mass is 684 g/mol. The zero-order valence-electron chi connectivity index (χ0n) is 27.5. The maximum Gasteiger partial charge on any atom is 0.387 e. The second-order valence-corrected chi connectivity index (χ2v) is 21.8. The van der Waals surface area contributed by atoms with Crippen molar-refractivity contribution < 1.29 is 31.5 Å². The molecule has 2 bridgehead atoms. The number of hydrogen-bond donors (Lipinski definition) is 1. The Morgan fingerprint density at radius 2 is 1.79 bits per heavy atom. The Morgan fingerprint density at radius 3 is 2.38 bits per heavy atom. The predicted octanol–water partition coefficient (Wildman–Crippen LogP) is 4.37. The molecule has 250 valence electrons. The van der Waals surface area contributed by atoms with Crippen molar-refractivity contribution in [1.82, 2.24) is 14.5 Å². The molecule has 1 unspecified atom stereocenters. The quantitative estimate of drug-likeness (QED) is 0.291. The summed E-state index contributed by atoms with van der Waals surface area (Å²) in [5.41, 5.74) is 0.637. The number of alkyl halides is 2. The molecule has 3 aliphatic heterocycles. The number of ether oxygens (including phenoxy) is 1. The van der Waals surface area contributed by atoms with Crippen LogP contribution < -0.4 is 24.1 Å². The fourth-order valence-corrected chi connectivity index (χ4v) is 10.3. The van der Waals surface area contributed by atoms with Crippen molar-refractivity contribution in [1.29, 1.82) is 0 Å². The molecule has 0 radical (unpaired) electrons. The first kappa shape index (κ1) is 32.3. The summed E-state index contributed by atoms with van der Waals surface area (Å²) in [6.45, 7) is 10.0. The van der Waals surface area contributed by atoms with E-state index >= 15 is 0 Å². The van der Waals surface area contributed by atoms with E-state index in [4.69, 9.17) is 24.1 Å². The molecule has 1 saturated carbocycles. The van der Waals surface area contributed by atoms with Crippen LogP contribution in [0.5, 0.6) is 5.75 Å². The lowest BCUT2D eigenvalue weighted by atomic mass is 9.68. The number of quaternary nitrogens is 1. The molecule has 1 saturated heterocycles. The smallest absolute Gasteiger partial charge is 0.387 e. The summed E-state index contributed by atoms with van der Waals surface area (Å²) in [6.07, 6.45) is 6.69. The Kier molecular flexibility index (Phi) is 6.94.